The zero-order valence-corrected chi connectivity index (χ0v) is 26.3. The highest BCUT2D eigenvalue weighted by molar-refractivity contribution is 6.08. The lowest BCUT2D eigenvalue weighted by molar-refractivity contribution is 0.589. The summed E-state index contributed by atoms with van der Waals surface area (Å²) in [6.07, 6.45) is 5.84. The molecule has 0 aliphatic heterocycles. The molecule has 2 nitrogen and oxygen atoms in total. The van der Waals surface area contributed by atoms with Gasteiger partial charge < -0.3 is 0 Å². The van der Waals surface area contributed by atoms with Crippen LogP contribution in [0, 0.1) is 6.92 Å². The number of pyridine rings is 2. The molecule has 0 aliphatic carbocycles. The molecule has 2 heteroatoms. The molecule has 0 amide bonds. The second-order valence-electron chi connectivity index (χ2n) is 12.7. The first-order chi connectivity index (χ1) is 21.9. The van der Waals surface area contributed by atoms with Crippen molar-refractivity contribution in [3.05, 3.63) is 157 Å². The van der Waals surface area contributed by atoms with Crippen molar-refractivity contribution in [3.63, 3.8) is 0 Å². The summed E-state index contributed by atoms with van der Waals surface area (Å²) in [7, 11) is 0. The molecule has 7 rings (SSSR count). The van der Waals surface area contributed by atoms with Crippen LogP contribution in [0.25, 0.3) is 66.5 Å². The van der Waals surface area contributed by atoms with Gasteiger partial charge in [0.15, 0.2) is 0 Å². The van der Waals surface area contributed by atoms with E-state index in [1.807, 2.05) is 18.6 Å². The third-order valence-corrected chi connectivity index (χ3v) is 8.82. The number of benzene rings is 5. The van der Waals surface area contributed by atoms with Gasteiger partial charge in [0.2, 0.25) is 0 Å². The van der Waals surface area contributed by atoms with Crippen molar-refractivity contribution in [2.45, 2.75) is 33.1 Å². The molecule has 0 saturated heterocycles. The number of hydrogen-bond acceptors (Lipinski definition) is 2. The Hall–Kier alpha value is -5.34. The Kier molecular flexibility index (Phi) is 7.35. The highest BCUT2D eigenvalue weighted by Crippen LogP contribution is 2.44. The number of nitrogens with zero attached hydrogens (tertiary/aromatic N) is 2. The van der Waals surface area contributed by atoms with Crippen LogP contribution in [0.5, 0.6) is 0 Å². The average Bonchev–Trinajstić information content (AvgIpc) is 3.08. The van der Waals surface area contributed by atoms with Gasteiger partial charge in [-0.3, -0.25) is 9.97 Å². The maximum absolute atomic E-state index is 4.74. The van der Waals surface area contributed by atoms with Crippen molar-refractivity contribution >= 4 is 10.8 Å². The van der Waals surface area contributed by atoms with Crippen LogP contribution in [0.2, 0.25) is 0 Å². The maximum atomic E-state index is 4.74. The summed E-state index contributed by atoms with van der Waals surface area (Å²) in [5.41, 5.74) is 14.4. The fourth-order valence-corrected chi connectivity index (χ4v) is 6.41. The summed E-state index contributed by atoms with van der Waals surface area (Å²) in [5.74, 6) is 0. The first-order valence-corrected chi connectivity index (χ1v) is 15.6. The monoisotopic (exact) mass is 580 g/mol. The summed E-state index contributed by atoms with van der Waals surface area (Å²) < 4.78 is 0. The Morgan fingerprint density at radius 3 is 1.84 bits per heavy atom. The zero-order valence-electron chi connectivity index (χ0n) is 26.3. The molecule has 218 valence electrons. The van der Waals surface area contributed by atoms with Gasteiger partial charge in [0.05, 0.1) is 5.69 Å². The van der Waals surface area contributed by atoms with Gasteiger partial charge in [-0.25, -0.2) is 0 Å². The molecule has 5 aromatic carbocycles. The predicted octanol–water partition coefficient (Wildman–Crippen LogP) is 11.6. The molecule has 0 N–H and O–H groups in total. The van der Waals surface area contributed by atoms with E-state index in [0.717, 1.165) is 27.8 Å². The number of hydrogen-bond donors (Lipinski definition) is 0. The fraction of sp³-hybridized carbons (Fsp3) is 0.116. The van der Waals surface area contributed by atoms with Crippen LogP contribution in [0.3, 0.4) is 0 Å². The van der Waals surface area contributed by atoms with Crippen LogP contribution in [-0.2, 0) is 5.41 Å². The third-order valence-electron chi connectivity index (χ3n) is 8.82. The highest BCUT2D eigenvalue weighted by Gasteiger charge is 2.19. The molecule has 45 heavy (non-hydrogen) atoms. The second-order valence-corrected chi connectivity index (χ2v) is 12.7. The Labute approximate surface area is 266 Å². The van der Waals surface area contributed by atoms with Crippen molar-refractivity contribution < 1.29 is 0 Å². The quantitative estimate of drug-likeness (QED) is 0.202. The van der Waals surface area contributed by atoms with Gasteiger partial charge in [0.25, 0.3) is 0 Å². The molecule has 0 spiro atoms. The Balaban J connectivity index is 1.42. The summed E-state index contributed by atoms with van der Waals surface area (Å²) in [6, 6.07) is 45.7. The first-order valence-electron chi connectivity index (χ1n) is 15.6. The Bertz CT molecular complexity index is 2140. The highest BCUT2D eigenvalue weighted by atomic mass is 14.7. The van der Waals surface area contributed by atoms with Gasteiger partial charge in [-0.15, -0.1) is 0 Å². The van der Waals surface area contributed by atoms with Crippen molar-refractivity contribution in [1.29, 1.82) is 0 Å². The van der Waals surface area contributed by atoms with E-state index in [-0.39, 0.29) is 5.41 Å². The van der Waals surface area contributed by atoms with Gasteiger partial charge >= 0.3 is 0 Å². The van der Waals surface area contributed by atoms with Gasteiger partial charge in [-0.1, -0.05) is 124 Å². The van der Waals surface area contributed by atoms with Crippen molar-refractivity contribution in [1.82, 2.24) is 9.97 Å². The number of fused-ring (bicyclic) bond motifs is 1. The molecule has 0 atom stereocenters. The molecule has 7 aromatic rings. The van der Waals surface area contributed by atoms with E-state index < -0.39 is 0 Å². The molecule has 0 aliphatic rings. The van der Waals surface area contributed by atoms with E-state index in [1.165, 1.54) is 49.9 Å². The van der Waals surface area contributed by atoms with Crippen LogP contribution in [0.4, 0.5) is 0 Å². The number of rotatable bonds is 5. The Morgan fingerprint density at radius 2 is 1.11 bits per heavy atom. The topological polar surface area (TPSA) is 25.8 Å². The zero-order chi connectivity index (χ0) is 31.0. The fourth-order valence-electron chi connectivity index (χ4n) is 6.41. The van der Waals surface area contributed by atoms with Gasteiger partial charge in [-0.05, 0) is 97.6 Å². The molecular formula is C43H36N2. The van der Waals surface area contributed by atoms with Crippen molar-refractivity contribution in [2.24, 2.45) is 0 Å². The van der Waals surface area contributed by atoms with Crippen LogP contribution in [-0.4, -0.2) is 9.97 Å². The SMILES string of the molecule is Cc1c(-c2ccccc2)ccc(-c2ccccc2)c1-c1ccc(-c2cccc(-c3cc(C(C)(C)C)ccn3)c2)c2cnccc12. The summed E-state index contributed by atoms with van der Waals surface area (Å²) in [5, 5.41) is 2.32. The standard InChI is InChI=1S/C43H36N2/c1-29-35(30-12-7-5-8-13-30)18-20-37(31-14-9-6-10-15-31)42(29)39-21-19-36(40-28-44-24-23-38(39)40)32-16-11-17-33(26-32)41-27-34(22-25-45-41)43(2,3)4/h5-28H,1-4H3. The lowest BCUT2D eigenvalue weighted by atomic mass is 9.84. The van der Waals surface area contributed by atoms with E-state index in [1.54, 1.807) is 0 Å². The molecule has 0 fully saturated rings. The number of aromatic nitrogens is 2. The van der Waals surface area contributed by atoms with Crippen molar-refractivity contribution in [3.8, 4) is 55.8 Å². The third kappa shape index (κ3) is 5.45. The molecule has 0 saturated carbocycles. The minimum absolute atomic E-state index is 0.0571. The summed E-state index contributed by atoms with van der Waals surface area (Å²) in [4.78, 5) is 9.35. The Morgan fingerprint density at radius 1 is 0.489 bits per heavy atom. The van der Waals surface area contributed by atoms with Crippen LogP contribution < -0.4 is 0 Å². The minimum atomic E-state index is 0.0571. The minimum Gasteiger partial charge on any atom is -0.264 e. The first kappa shape index (κ1) is 28.4. The van der Waals surface area contributed by atoms with Gasteiger partial charge in [-0.2, -0.15) is 0 Å². The lowest BCUT2D eigenvalue weighted by Crippen LogP contribution is -2.11. The molecule has 0 bridgehead atoms. The smallest absolute Gasteiger partial charge is 0.0705 e. The largest absolute Gasteiger partial charge is 0.264 e. The van der Waals surface area contributed by atoms with Gasteiger partial charge in [0.1, 0.15) is 0 Å². The summed E-state index contributed by atoms with van der Waals surface area (Å²) in [6.45, 7) is 8.98. The average molecular weight is 581 g/mol. The summed E-state index contributed by atoms with van der Waals surface area (Å²) >= 11 is 0. The van der Waals surface area contributed by atoms with E-state index in [0.29, 0.717) is 0 Å². The molecule has 0 unspecified atom stereocenters. The molecular weight excluding hydrogens is 544 g/mol. The van der Waals surface area contributed by atoms with E-state index >= 15 is 0 Å². The van der Waals surface area contributed by atoms with Crippen LogP contribution in [0.1, 0.15) is 31.9 Å². The second kappa shape index (κ2) is 11.6. The predicted molar refractivity (Wildman–Crippen MR) is 190 cm³/mol. The lowest BCUT2D eigenvalue weighted by Gasteiger charge is -2.20. The van der Waals surface area contributed by atoms with E-state index in [4.69, 9.17) is 4.98 Å². The normalized spacial score (nSPS) is 11.6. The molecule has 0 radical (unpaired) electrons. The maximum Gasteiger partial charge on any atom is 0.0705 e. The van der Waals surface area contributed by atoms with Crippen molar-refractivity contribution in [2.75, 3.05) is 0 Å². The van der Waals surface area contributed by atoms with E-state index in [9.17, 15) is 0 Å². The van der Waals surface area contributed by atoms with E-state index in [2.05, 4.69) is 160 Å². The van der Waals surface area contributed by atoms with Gasteiger partial charge in [0, 0.05) is 29.5 Å². The molecule has 2 heterocycles. The molecule has 2 aromatic heterocycles. The van der Waals surface area contributed by atoms with Crippen LogP contribution in [0.15, 0.2) is 146 Å². The van der Waals surface area contributed by atoms with Crippen LogP contribution >= 0.6 is 0 Å².